The van der Waals surface area contributed by atoms with Gasteiger partial charge in [-0.1, -0.05) is 12.2 Å². The predicted molar refractivity (Wildman–Crippen MR) is 74.0 cm³/mol. The fraction of sp³-hybridized carbons (Fsp3) is 0.714. The van der Waals surface area contributed by atoms with Crippen LogP contribution in [0, 0.1) is 5.41 Å². The van der Waals surface area contributed by atoms with Crippen LogP contribution in [0.25, 0.3) is 0 Å². The van der Waals surface area contributed by atoms with Gasteiger partial charge in [0.1, 0.15) is 0 Å². The summed E-state index contributed by atoms with van der Waals surface area (Å²) in [7, 11) is 0. The first-order chi connectivity index (χ1) is 8.80. The number of carboxylic acid groups (broad SMARTS) is 1. The summed E-state index contributed by atoms with van der Waals surface area (Å²) in [6.07, 6.45) is 1.36. The number of nitrogens with zero attached hydrogens (tertiary/aromatic N) is 2. The molecule has 0 bridgehead atoms. The molecule has 2 amide bonds. The number of likely N-dealkylation sites (tertiary alicyclic amines) is 1. The topological polar surface area (TPSA) is 60.9 Å². The van der Waals surface area contributed by atoms with Crippen LogP contribution < -0.4 is 0 Å². The molecule has 1 N–H and O–H groups in total. The summed E-state index contributed by atoms with van der Waals surface area (Å²) in [6.45, 7) is 11.4. The van der Waals surface area contributed by atoms with Crippen molar-refractivity contribution in [3.8, 4) is 0 Å². The Morgan fingerprint density at radius 1 is 1.47 bits per heavy atom. The number of rotatable bonds is 4. The van der Waals surface area contributed by atoms with Gasteiger partial charge in [-0.05, 0) is 33.6 Å². The van der Waals surface area contributed by atoms with Gasteiger partial charge in [-0.15, -0.1) is 0 Å². The first kappa shape index (κ1) is 15.5. The van der Waals surface area contributed by atoms with Crippen LogP contribution in [0.2, 0.25) is 0 Å². The zero-order chi connectivity index (χ0) is 14.6. The van der Waals surface area contributed by atoms with Crippen molar-refractivity contribution in [1.82, 2.24) is 9.80 Å². The molecule has 5 heteroatoms. The molecule has 108 valence electrons. The number of hydrogen-bond donors (Lipinski definition) is 1. The quantitative estimate of drug-likeness (QED) is 0.795. The second-order valence-corrected chi connectivity index (χ2v) is 5.64. The Morgan fingerprint density at radius 3 is 2.58 bits per heavy atom. The summed E-state index contributed by atoms with van der Waals surface area (Å²) in [5.41, 5.74) is 0.101. The highest BCUT2D eigenvalue weighted by Crippen LogP contribution is 2.30. The smallest absolute Gasteiger partial charge is 0.320 e. The van der Waals surface area contributed by atoms with Gasteiger partial charge >= 0.3 is 12.0 Å². The minimum atomic E-state index is -0.826. The van der Waals surface area contributed by atoms with Gasteiger partial charge in [0.05, 0.1) is 5.41 Å². The van der Waals surface area contributed by atoms with Gasteiger partial charge < -0.3 is 14.9 Å². The van der Waals surface area contributed by atoms with Gasteiger partial charge in [-0.2, -0.15) is 0 Å². The zero-order valence-corrected chi connectivity index (χ0v) is 12.1. The molecule has 0 aromatic rings. The van der Waals surface area contributed by atoms with Gasteiger partial charge in [0.2, 0.25) is 0 Å². The van der Waals surface area contributed by atoms with Crippen molar-refractivity contribution in [3.05, 3.63) is 12.2 Å². The highest BCUT2D eigenvalue weighted by molar-refractivity contribution is 5.78. The molecule has 1 atom stereocenters. The van der Waals surface area contributed by atoms with Gasteiger partial charge in [-0.25, -0.2) is 4.79 Å². The minimum absolute atomic E-state index is 0.0855. The molecule has 5 nitrogen and oxygen atoms in total. The van der Waals surface area contributed by atoms with E-state index in [1.54, 1.807) is 16.7 Å². The van der Waals surface area contributed by atoms with Crippen LogP contribution in [0.15, 0.2) is 12.2 Å². The summed E-state index contributed by atoms with van der Waals surface area (Å²) >= 11 is 0. The van der Waals surface area contributed by atoms with E-state index in [0.29, 0.717) is 26.1 Å². The Bertz CT molecular complexity index is 381. The third-order valence-corrected chi connectivity index (χ3v) is 3.60. The number of hydrogen-bond acceptors (Lipinski definition) is 2. The van der Waals surface area contributed by atoms with E-state index in [-0.39, 0.29) is 12.6 Å². The molecule has 0 radical (unpaired) electrons. The molecule has 19 heavy (non-hydrogen) atoms. The molecule has 0 spiro atoms. The van der Waals surface area contributed by atoms with Crippen LogP contribution in [0.3, 0.4) is 0 Å². The molecule has 1 unspecified atom stereocenters. The lowest BCUT2D eigenvalue weighted by Crippen LogP contribution is -2.52. The van der Waals surface area contributed by atoms with E-state index in [9.17, 15) is 14.7 Å². The van der Waals surface area contributed by atoms with Crippen molar-refractivity contribution in [3.63, 3.8) is 0 Å². The van der Waals surface area contributed by atoms with E-state index in [1.165, 1.54) is 0 Å². The molecule has 1 fully saturated rings. The van der Waals surface area contributed by atoms with Gasteiger partial charge in [-0.3, -0.25) is 4.79 Å². The van der Waals surface area contributed by atoms with Crippen LogP contribution >= 0.6 is 0 Å². The maximum atomic E-state index is 12.4. The molecule has 0 saturated carbocycles. The zero-order valence-electron chi connectivity index (χ0n) is 12.1. The molecule has 1 saturated heterocycles. The summed E-state index contributed by atoms with van der Waals surface area (Å²) < 4.78 is 0. The van der Waals surface area contributed by atoms with E-state index in [0.717, 1.165) is 12.0 Å². The number of piperidine rings is 1. The lowest BCUT2D eigenvalue weighted by Gasteiger charge is -2.39. The third-order valence-electron chi connectivity index (χ3n) is 3.60. The summed E-state index contributed by atoms with van der Waals surface area (Å²) in [5.74, 6) is -0.826. The lowest BCUT2D eigenvalue weighted by atomic mass is 9.82. The molecule has 0 aromatic carbocycles. The lowest BCUT2D eigenvalue weighted by molar-refractivity contribution is -0.150. The standard InChI is InChI=1S/C14H24N2O3/c1-5-15(9-11(2)3)13(19)16-8-6-7-14(4,10-16)12(17)18/h2,5-10H2,1,3-4H3,(H,17,18). The van der Waals surface area contributed by atoms with E-state index in [2.05, 4.69) is 6.58 Å². The normalized spacial score (nSPS) is 23.0. The number of carbonyl (C=O) groups excluding carboxylic acids is 1. The van der Waals surface area contributed by atoms with Crippen LogP contribution in [0.5, 0.6) is 0 Å². The van der Waals surface area contributed by atoms with Crippen molar-refractivity contribution in [1.29, 1.82) is 0 Å². The van der Waals surface area contributed by atoms with Gasteiger partial charge in [0.25, 0.3) is 0 Å². The summed E-state index contributed by atoms with van der Waals surface area (Å²) in [5, 5.41) is 9.27. The number of carbonyl (C=O) groups is 2. The molecule has 1 heterocycles. The van der Waals surface area contributed by atoms with Gasteiger partial charge in [0.15, 0.2) is 0 Å². The molecule has 1 aliphatic rings. The Labute approximate surface area is 114 Å². The Hall–Kier alpha value is -1.52. The monoisotopic (exact) mass is 268 g/mol. The molecule has 1 rings (SSSR count). The molecule has 0 aromatic heterocycles. The number of carboxylic acids is 1. The third kappa shape index (κ3) is 3.72. The van der Waals surface area contributed by atoms with E-state index >= 15 is 0 Å². The number of amides is 2. The summed E-state index contributed by atoms with van der Waals surface area (Å²) in [6, 6.07) is -0.0855. The average Bonchev–Trinajstić information content (AvgIpc) is 2.34. The summed E-state index contributed by atoms with van der Waals surface area (Å²) in [4.78, 5) is 27.0. The first-order valence-corrected chi connectivity index (χ1v) is 6.72. The fourth-order valence-corrected chi connectivity index (χ4v) is 2.42. The maximum Gasteiger partial charge on any atom is 0.320 e. The average molecular weight is 268 g/mol. The largest absolute Gasteiger partial charge is 0.481 e. The number of aliphatic carboxylic acids is 1. The number of urea groups is 1. The Kier molecular flexibility index (Phi) is 4.97. The van der Waals surface area contributed by atoms with Crippen LogP contribution in [0.1, 0.15) is 33.6 Å². The van der Waals surface area contributed by atoms with E-state index in [1.807, 2.05) is 13.8 Å². The van der Waals surface area contributed by atoms with E-state index in [4.69, 9.17) is 0 Å². The first-order valence-electron chi connectivity index (χ1n) is 6.72. The maximum absolute atomic E-state index is 12.4. The van der Waals surface area contributed by atoms with Gasteiger partial charge in [0, 0.05) is 26.2 Å². The van der Waals surface area contributed by atoms with Crippen molar-refractivity contribution in [2.45, 2.75) is 33.6 Å². The highest BCUT2D eigenvalue weighted by atomic mass is 16.4. The molecule has 1 aliphatic heterocycles. The fourth-order valence-electron chi connectivity index (χ4n) is 2.42. The molecular formula is C14H24N2O3. The second kappa shape index (κ2) is 6.08. The van der Waals surface area contributed by atoms with Crippen molar-refractivity contribution < 1.29 is 14.7 Å². The van der Waals surface area contributed by atoms with Crippen LogP contribution in [0.4, 0.5) is 4.79 Å². The molecule has 0 aliphatic carbocycles. The van der Waals surface area contributed by atoms with E-state index < -0.39 is 11.4 Å². The van der Waals surface area contributed by atoms with Crippen molar-refractivity contribution >= 4 is 12.0 Å². The predicted octanol–water partition coefficient (Wildman–Crippen LogP) is 2.19. The van der Waals surface area contributed by atoms with Crippen LogP contribution in [-0.2, 0) is 4.79 Å². The minimum Gasteiger partial charge on any atom is -0.481 e. The van der Waals surface area contributed by atoms with Crippen molar-refractivity contribution in [2.75, 3.05) is 26.2 Å². The number of likely N-dealkylation sites (N-methyl/N-ethyl adjacent to an activating group) is 1. The highest BCUT2D eigenvalue weighted by Gasteiger charge is 2.40. The van der Waals surface area contributed by atoms with Crippen molar-refractivity contribution in [2.24, 2.45) is 5.41 Å². The second-order valence-electron chi connectivity index (χ2n) is 5.64. The molecular weight excluding hydrogens is 244 g/mol. The van der Waals surface area contributed by atoms with Crippen LogP contribution in [-0.4, -0.2) is 53.1 Å². The Morgan fingerprint density at radius 2 is 2.11 bits per heavy atom. The Balaban J connectivity index is 2.76. The SMILES string of the molecule is C=C(C)CN(CC)C(=O)N1CCCC(C)(C(=O)O)C1.